The first-order chi connectivity index (χ1) is 14.9. The second-order valence-corrected chi connectivity index (χ2v) is 8.58. The number of thioether (sulfide) groups is 1. The van der Waals surface area contributed by atoms with Gasteiger partial charge in [0, 0.05) is 11.4 Å². The number of hydrogen-bond donors (Lipinski definition) is 2. The number of aromatic amines is 1. The maximum absolute atomic E-state index is 11.7. The van der Waals surface area contributed by atoms with Gasteiger partial charge in [0.15, 0.2) is 11.5 Å². The Balaban J connectivity index is 1.83. The standard InChI is InChI=1S/C21H19BrClN3O4S/c1-3-18-24-21(26-25-18)31-17(20(27)28)10-13-8-15(22)19(16(9-13)29-2)30-11-12-4-6-14(23)7-5-12/h4-10H,3,11H2,1-2H3,(H,27,28)(H,24,25,26)/b17-10-. The maximum Gasteiger partial charge on any atom is 0.342 e. The van der Waals surface area contributed by atoms with Crippen LogP contribution in [-0.2, 0) is 17.8 Å². The van der Waals surface area contributed by atoms with E-state index in [-0.39, 0.29) is 4.91 Å². The summed E-state index contributed by atoms with van der Waals surface area (Å²) in [7, 11) is 1.52. The fraction of sp³-hybridized carbons (Fsp3) is 0.190. The molecule has 0 amide bonds. The number of carbonyl (C=O) groups is 1. The molecule has 3 rings (SSSR count). The van der Waals surface area contributed by atoms with Gasteiger partial charge >= 0.3 is 5.97 Å². The van der Waals surface area contributed by atoms with E-state index in [2.05, 4.69) is 31.1 Å². The van der Waals surface area contributed by atoms with E-state index in [0.29, 0.717) is 50.6 Å². The number of benzene rings is 2. The zero-order chi connectivity index (χ0) is 22.4. The third kappa shape index (κ3) is 6.25. The molecule has 0 saturated carbocycles. The lowest BCUT2D eigenvalue weighted by Gasteiger charge is -2.14. The van der Waals surface area contributed by atoms with Crippen LogP contribution in [0.3, 0.4) is 0 Å². The van der Waals surface area contributed by atoms with Crippen molar-refractivity contribution in [2.24, 2.45) is 0 Å². The number of carboxylic acid groups (broad SMARTS) is 1. The number of ether oxygens (including phenoxy) is 2. The van der Waals surface area contributed by atoms with Crippen molar-refractivity contribution in [2.45, 2.75) is 25.1 Å². The van der Waals surface area contributed by atoms with Crippen LogP contribution in [-0.4, -0.2) is 33.4 Å². The minimum absolute atomic E-state index is 0.0745. The summed E-state index contributed by atoms with van der Waals surface area (Å²) in [5.74, 6) is 0.598. The highest BCUT2D eigenvalue weighted by atomic mass is 79.9. The molecule has 0 spiro atoms. The fourth-order valence-electron chi connectivity index (χ4n) is 2.57. The summed E-state index contributed by atoms with van der Waals surface area (Å²) >= 11 is 10.4. The van der Waals surface area contributed by atoms with E-state index in [1.165, 1.54) is 13.2 Å². The molecule has 2 N–H and O–H groups in total. The summed E-state index contributed by atoms with van der Waals surface area (Å²) in [6, 6.07) is 10.8. The third-order valence-corrected chi connectivity index (χ3v) is 5.82. The fourth-order valence-corrected chi connectivity index (χ4v) is 3.99. The van der Waals surface area contributed by atoms with Gasteiger partial charge in [-0.3, -0.25) is 5.10 Å². The van der Waals surface area contributed by atoms with Gasteiger partial charge in [0.1, 0.15) is 17.3 Å². The van der Waals surface area contributed by atoms with Crippen LogP contribution >= 0.6 is 39.3 Å². The van der Waals surface area contributed by atoms with Crippen molar-refractivity contribution in [1.29, 1.82) is 0 Å². The Kier molecular flexibility index (Phi) is 8.00. The van der Waals surface area contributed by atoms with Gasteiger partial charge in [-0.2, -0.15) is 0 Å². The molecular formula is C21H19BrClN3O4S. The number of methoxy groups -OCH3 is 1. The molecule has 0 atom stereocenters. The number of carboxylic acids is 1. The predicted octanol–water partition coefficient (Wildman–Crippen LogP) is 5.59. The highest BCUT2D eigenvalue weighted by Crippen LogP contribution is 2.38. The van der Waals surface area contributed by atoms with Gasteiger partial charge in [-0.1, -0.05) is 30.7 Å². The van der Waals surface area contributed by atoms with Crippen molar-refractivity contribution >= 4 is 51.3 Å². The SMILES string of the molecule is CCc1nc(S/C(=C\c2cc(Br)c(OCc3ccc(Cl)cc3)c(OC)c2)C(=O)O)n[nH]1. The minimum Gasteiger partial charge on any atom is -0.493 e. The van der Waals surface area contributed by atoms with Crippen molar-refractivity contribution in [3.63, 3.8) is 0 Å². The third-order valence-electron chi connectivity index (χ3n) is 4.10. The Labute approximate surface area is 197 Å². The molecule has 2 aromatic carbocycles. The van der Waals surface area contributed by atoms with Crippen molar-refractivity contribution in [1.82, 2.24) is 15.2 Å². The van der Waals surface area contributed by atoms with E-state index in [1.54, 1.807) is 24.3 Å². The van der Waals surface area contributed by atoms with E-state index in [0.717, 1.165) is 17.3 Å². The van der Waals surface area contributed by atoms with Crippen LogP contribution in [0.5, 0.6) is 11.5 Å². The van der Waals surface area contributed by atoms with Gasteiger partial charge in [-0.25, -0.2) is 9.78 Å². The van der Waals surface area contributed by atoms with Crippen molar-refractivity contribution in [3.8, 4) is 11.5 Å². The summed E-state index contributed by atoms with van der Waals surface area (Å²) in [5, 5.41) is 17.4. The summed E-state index contributed by atoms with van der Waals surface area (Å²) < 4.78 is 12.0. The molecule has 3 aromatic rings. The van der Waals surface area contributed by atoms with Gasteiger partial charge in [-0.05, 0) is 69.2 Å². The van der Waals surface area contributed by atoms with Gasteiger partial charge in [0.05, 0.1) is 11.6 Å². The number of halogens is 2. The normalized spacial score (nSPS) is 11.4. The number of H-pyrrole nitrogens is 1. The molecular weight excluding hydrogens is 506 g/mol. The van der Waals surface area contributed by atoms with Crippen LogP contribution in [0.2, 0.25) is 5.02 Å². The Morgan fingerprint density at radius 2 is 2.06 bits per heavy atom. The summed E-state index contributed by atoms with van der Waals surface area (Å²) in [6.07, 6.45) is 2.21. The average molecular weight is 525 g/mol. The number of nitrogens with zero attached hydrogens (tertiary/aromatic N) is 2. The van der Waals surface area contributed by atoms with Crippen molar-refractivity contribution < 1.29 is 19.4 Å². The van der Waals surface area contributed by atoms with Crippen LogP contribution in [0.25, 0.3) is 6.08 Å². The molecule has 1 aromatic heterocycles. The number of rotatable bonds is 9. The lowest BCUT2D eigenvalue weighted by Crippen LogP contribution is -2.00. The molecule has 7 nitrogen and oxygen atoms in total. The van der Waals surface area contributed by atoms with Gasteiger partial charge < -0.3 is 14.6 Å². The van der Waals surface area contributed by atoms with E-state index >= 15 is 0 Å². The molecule has 31 heavy (non-hydrogen) atoms. The summed E-state index contributed by atoms with van der Waals surface area (Å²) in [5.41, 5.74) is 1.57. The molecule has 0 aliphatic rings. The van der Waals surface area contributed by atoms with Crippen LogP contribution in [0.1, 0.15) is 23.9 Å². The minimum atomic E-state index is -1.08. The summed E-state index contributed by atoms with van der Waals surface area (Å²) in [4.78, 5) is 16.1. The lowest BCUT2D eigenvalue weighted by molar-refractivity contribution is -0.131. The summed E-state index contributed by atoms with van der Waals surface area (Å²) in [6.45, 7) is 2.26. The number of aromatic nitrogens is 3. The van der Waals surface area contributed by atoms with Crippen molar-refractivity contribution in [2.75, 3.05) is 7.11 Å². The number of aryl methyl sites for hydroxylation is 1. The molecule has 0 aliphatic carbocycles. The van der Waals surface area contributed by atoms with Crippen LogP contribution in [0.4, 0.5) is 0 Å². The first-order valence-electron chi connectivity index (χ1n) is 9.18. The highest BCUT2D eigenvalue weighted by Gasteiger charge is 2.16. The molecule has 0 saturated heterocycles. The zero-order valence-corrected chi connectivity index (χ0v) is 19.8. The van der Waals surface area contributed by atoms with Crippen LogP contribution in [0, 0.1) is 0 Å². The molecule has 0 aliphatic heterocycles. The lowest BCUT2D eigenvalue weighted by atomic mass is 10.2. The van der Waals surface area contributed by atoms with E-state index in [4.69, 9.17) is 21.1 Å². The van der Waals surface area contributed by atoms with Crippen LogP contribution < -0.4 is 9.47 Å². The predicted molar refractivity (Wildman–Crippen MR) is 124 cm³/mol. The maximum atomic E-state index is 11.7. The number of aliphatic carboxylic acids is 1. The quantitative estimate of drug-likeness (QED) is 0.278. The van der Waals surface area contributed by atoms with Gasteiger partial charge in [0.2, 0.25) is 5.16 Å². The monoisotopic (exact) mass is 523 g/mol. The van der Waals surface area contributed by atoms with E-state index in [9.17, 15) is 9.90 Å². The molecule has 162 valence electrons. The topological polar surface area (TPSA) is 97.3 Å². The van der Waals surface area contributed by atoms with Gasteiger partial charge in [0.25, 0.3) is 0 Å². The van der Waals surface area contributed by atoms with Crippen molar-refractivity contribution in [3.05, 3.63) is 67.7 Å². The van der Waals surface area contributed by atoms with E-state index in [1.807, 2.05) is 19.1 Å². The molecule has 0 unspecified atom stereocenters. The molecule has 0 bridgehead atoms. The Morgan fingerprint density at radius 3 is 2.68 bits per heavy atom. The largest absolute Gasteiger partial charge is 0.493 e. The van der Waals surface area contributed by atoms with Crippen LogP contribution in [0.15, 0.2) is 50.9 Å². The Morgan fingerprint density at radius 1 is 1.32 bits per heavy atom. The first kappa shape index (κ1) is 23.2. The number of hydrogen-bond acceptors (Lipinski definition) is 6. The zero-order valence-electron chi connectivity index (χ0n) is 16.7. The first-order valence-corrected chi connectivity index (χ1v) is 11.2. The Bertz CT molecular complexity index is 1100. The smallest absolute Gasteiger partial charge is 0.342 e. The molecule has 1 heterocycles. The number of nitrogens with one attached hydrogen (secondary N) is 1. The highest BCUT2D eigenvalue weighted by molar-refractivity contribution is 9.10. The van der Waals surface area contributed by atoms with Gasteiger partial charge in [-0.15, -0.1) is 5.10 Å². The molecule has 10 heteroatoms. The second-order valence-electron chi connectivity index (χ2n) is 6.28. The molecule has 0 fully saturated rings. The Hall–Kier alpha value is -2.49. The second kappa shape index (κ2) is 10.7. The molecule has 0 radical (unpaired) electrons. The average Bonchev–Trinajstić information content (AvgIpc) is 3.21. The van der Waals surface area contributed by atoms with E-state index < -0.39 is 5.97 Å².